The summed E-state index contributed by atoms with van der Waals surface area (Å²) in [6, 6.07) is 21.6. The summed E-state index contributed by atoms with van der Waals surface area (Å²) < 4.78 is 0. The van der Waals surface area contributed by atoms with Crippen LogP contribution in [-0.4, -0.2) is 11.7 Å². The third kappa shape index (κ3) is 2.43. The Morgan fingerprint density at radius 1 is 1.12 bits per heavy atom. The summed E-state index contributed by atoms with van der Waals surface area (Å²) in [6.07, 6.45) is 0.963. The van der Waals surface area contributed by atoms with Crippen LogP contribution < -0.4 is 5.32 Å². The van der Waals surface area contributed by atoms with Crippen LogP contribution in [0.4, 0.5) is 0 Å². The second-order valence-electron chi connectivity index (χ2n) is 7.25. The molecular formula is C22H20N2O2. The summed E-state index contributed by atoms with van der Waals surface area (Å²) >= 11 is 0. The van der Waals surface area contributed by atoms with Crippen molar-refractivity contribution in [2.24, 2.45) is 17.3 Å². The van der Waals surface area contributed by atoms with Gasteiger partial charge in [0.15, 0.2) is 0 Å². The Kier molecular flexibility index (Phi) is 4.08. The average Bonchev–Trinajstić information content (AvgIpc) is 3.22. The zero-order chi connectivity index (χ0) is 18.1. The highest BCUT2D eigenvalue weighted by molar-refractivity contribution is 5.95. The number of benzene rings is 2. The van der Waals surface area contributed by atoms with Crippen molar-refractivity contribution >= 4 is 11.7 Å². The molecule has 2 aromatic carbocycles. The lowest BCUT2D eigenvalue weighted by atomic mass is 9.63. The van der Waals surface area contributed by atoms with E-state index in [4.69, 9.17) is 0 Å². The first kappa shape index (κ1) is 16.5. The number of hydrogen-bond donors (Lipinski definition) is 1. The number of hydrogen-bond acceptors (Lipinski definition) is 3. The zero-order valence-corrected chi connectivity index (χ0v) is 14.4. The van der Waals surface area contributed by atoms with Crippen LogP contribution in [0.3, 0.4) is 0 Å². The molecule has 2 saturated carbocycles. The van der Waals surface area contributed by atoms with Gasteiger partial charge in [-0.05, 0) is 23.5 Å². The van der Waals surface area contributed by atoms with Crippen LogP contribution in [0.5, 0.6) is 0 Å². The number of Topliss-reactive ketones (excluding diaryl/α,β-unsaturated/α-hetero) is 1. The molecule has 0 aliphatic heterocycles. The van der Waals surface area contributed by atoms with E-state index in [1.54, 1.807) is 0 Å². The molecule has 4 atom stereocenters. The molecule has 0 spiro atoms. The van der Waals surface area contributed by atoms with Crippen molar-refractivity contribution < 1.29 is 9.59 Å². The smallest absolute Gasteiger partial charge is 0.241 e. The summed E-state index contributed by atoms with van der Waals surface area (Å²) in [6.45, 7) is 0.385. The summed E-state index contributed by atoms with van der Waals surface area (Å²) in [5.41, 5.74) is 0.725. The molecular weight excluding hydrogens is 324 g/mol. The van der Waals surface area contributed by atoms with Gasteiger partial charge in [0.25, 0.3) is 0 Å². The normalized spacial score (nSPS) is 29.3. The summed E-state index contributed by atoms with van der Waals surface area (Å²) in [5.74, 6) is -0.866. The largest absolute Gasteiger partial charge is 0.351 e. The third-order valence-corrected chi connectivity index (χ3v) is 5.95. The molecule has 4 rings (SSSR count). The van der Waals surface area contributed by atoms with Crippen molar-refractivity contribution in [3.63, 3.8) is 0 Å². The second kappa shape index (κ2) is 6.42. The van der Waals surface area contributed by atoms with Gasteiger partial charge >= 0.3 is 0 Å². The molecule has 1 N–H and O–H groups in total. The Morgan fingerprint density at radius 2 is 1.77 bits per heavy atom. The number of fused-ring (bicyclic) bond motifs is 2. The van der Waals surface area contributed by atoms with Crippen molar-refractivity contribution in [3.05, 3.63) is 71.8 Å². The molecule has 2 fully saturated rings. The monoisotopic (exact) mass is 344 g/mol. The maximum absolute atomic E-state index is 13.2. The predicted molar refractivity (Wildman–Crippen MR) is 96.7 cm³/mol. The standard InChI is InChI=1S/C22H20N2O2/c23-14-22(21(26)24-13-15-7-3-1-4-8-15)17-11-18(19(25)12-17)20(22)16-9-5-2-6-10-16/h1-10,17-18,20H,11-13H2,(H,24,26). The molecule has 0 radical (unpaired) electrons. The van der Waals surface area contributed by atoms with E-state index in [9.17, 15) is 14.9 Å². The molecule has 2 aliphatic carbocycles. The molecule has 4 unspecified atom stereocenters. The molecule has 2 bridgehead atoms. The third-order valence-electron chi connectivity index (χ3n) is 5.95. The van der Waals surface area contributed by atoms with Crippen LogP contribution in [-0.2, 0) is 16.1 Å². The Hall–Kier alpha value is -2.93. The van der Waals surface area contributed by atoms with Gasteiger partial charge in [-0.2, -0.15) is 5.26 Å². The lowest BCUT2D eigenvalue weighted by Crippen LogP contribution is -2.49. The summed E-state index contributed by atoms with van der Waals surface area (Å²) in [4.78, 5) is 25.6. The maximum Gasteiger partial charge on any atom is 0.241 e. The van der Waals surface area contributed by atoms with Gasteiger partial charge in [-0.3, -0.25) is 9.59 Å². The highest BCUT2D eigenvalue weighted by Gasteiger charge is 2.66. The van der Waals surface area contributed by atoms with Crippen LogP contribution in [0, 0.1) is 28.6 Å². The van der Waals surface area contributed by atoms with Gasteiger partial charge in [-0.25, -0.2) is 0 Å². The number of nitrogens with one attached hydrogen (secondary N) is 1. The van der Waals surface area contributed by atoms with Crippen molar-refractivity contribution in [3.8, 4) is 6.07 Å². The summed E-state index contributed by atoms with van der Waals surface area (Å²) in [5, 5.41) is 13.1. The first-order valence-corrected chi connectivity index (χ1v) is 8.98. The van der Waals surface area contributed by atoms with Gasteiger partial charge in [0.05, 0.1) is 6.07 Å². The number of amides is 1. The zero-order valence-electron chi connectivity index (χ0n) is 14.4. The molecule has 0 saturated heterocycles. The number of ketones is 1. The quantitative estimate of drug-likeness (QED) is 0.926. The number of carbonyl (C=O) groups is 2. The molecule has 2 aromatic rings. The SMILES string of the molecule is N#CC1(C(=O)NCc2ccccc2)C2CC(=O)C(C2)C1c1ccccc1. The fourth-order valence-corrected chi connectivity index (χ4v) is 4.77. The van der Waals surface area contributed by atoms with E-state index in [1.165, 1.54) is 0 Å². The number of carbonyl (C=O) groups excluding carboxylic acids is 2. The van der Waals surface area contributed by atoms with Crippen LogP contribution in [0.15, 0.2) is 60.7 Å². The molecule has 0 aromatic heterocycles. The Labute approximate surface area is 152 Å². The molecule has 26 heavy (non-hydrogen) atoms. The van der Waals surface area contributed by atoms with Gasteiger partial charge in [0.1, 0.15) is 11.2 Å². The Morgan fingerprint density at radius 3 is 2.42 bits per heavy atom. The van der Waals surface area contributed by atoms with E-state index in [-0.39, 0.29) is 29.4 Å². The van der Waals surface area contributed by atoms with E-state index in [0.717, 1.165) is 11.1 Å². The maximum atomic E-state index is 13.2. The fraction of sp³-hybridized carbons (Fsp3) is 0.318. The number of nitriles is 1. The highest BCUT2D eigenvalue weighted by atomic mass is 16.2. The minimum absolute atomic E-state index is 0.186. The molecule has 2 aliphatic rings. The fourth-order valence-electron chi connectivity index (χ4n) is 4.77. The average molecular weight is 344 g/mol. The van der Waals surface area contributed by atoms with Crippen LogP contribution in [0.25, 0.3) is 0 Å². The molecule has 1 amide bonds. The Balaban J connectivity index is 1.67. The van der Waals surface area contributed by atoms with Crippen molar-refractivity contribution in [2.75, 3.05) is 0 Å². The van der Waals surface area contributed by atoms with Crippen molar-refractivity contribution in [1.29, 1.82) is 5.26 Å². The molecule has 0 heterocycles. The van der Waals surface area contributed by atoms with Crippen molar-refractivity contribution in [2.45, 2.75) is 25.3 Å². The predicted octanol–water partition coefficient (Wildman–Crippen LogP) is 3.21. The first-order valence-electron chi connectivity index (χ1n) is 8.98. The lowest BCUT2D eigenvalue weighted by Gasteiger charge is -2.37. The van der Waals surface area contributed by atoms with Gasteiger partial charge < -0.3 is 5.32 Å². The van der Waals surface area contributed by atoms with E-state index in [0.29, 0.717) is 19.4 Å². The summed E-state index contributed by atoms with van der Waals surface area (Å²) in [7, 11) is 0. The topological polar surface area (TPSA) is 70.0 Å². The second-order valence-corrected chi connectivity index (χ2v) is 7.25. The number of nitrogens with zero attached hydrogens (tertiary/aromatic N) is 1. The van der Waals surface area contributed by atoms with E-state index >= 15 is 0 Å². The van der Waals surface area contributed by atoms with Gasteiger partial charge in [-0.1, -0.05) is 60.7 Å². The molecule has 4 nitrogen and oxygen atoms in total. The minimum atomic E-state index is -1.17. The Bertz CT molecular complexity index is 872. The van der Waals surface area contributed by atoms with Crippen LogP contribution >= 0.6 is 0 Å². The van der Waals surface area contributed by atoms with Gasteiger partial charge in [-0.15, -0.1) is 0 Å². The highest BCUT2D eigenvalue weighted by Crippen LogP contribution is 2.62. The lowest BCUT2D eigenvalue weighted by molar-refractivity contribution is -0.134. The van der Waals surface area contributed by atoms with E-state index < -0.39 is 5.41 Å². The number of rotatable bonds is 4. The minimum Gasteiger partial charge on any atom is -0.351 e. The van der Waals surface area contributed by atoms with Crippen molar-refractivity contribution in [1.82, 2.24) is 5.32 Å². The van der Waals surface area contributed by atoms with E-state index in [2.05, 4.69) is 11.4 Å². The molecule has 130 valence electrons. The van der Waals surface area contributed by atoms with Gasteiger partial charge in [0.2, 0.25) is 5.91 Å². The first-order chi connectivity index (χ1) is 12.7. The molecule has 4 heteroatoms. The van der Waals surface area contributed by atoms with Crippen LogP contribution in [0.2, 0.25) is 0 Å². The van der Waals surface area contributed by atoms with E-state index in [1.807, 2.05) is 60.7 Å². The van der Waals surface area contributed by atoms with Crippen LogP contribution in [0.1, 0.15) is 29.9 Å². The van der Waals surface area contributed by atoms with Gasteiger partial charge in [0, 0.05) is 24.8 Å².